The number of benzene rings is 1. The summed E-state index contributed by atoms with van der Waals surface area (Å²) in [6.07, 6.45) is 0.926. The number of thioether (sulfide) groups is 1. The van der Waals surface area contributed by atoms with Crippen LogP contribution in [-0.2, 0) is 0 Å². The van der Waals surface area contributed by atoms with E-state index in [1.54, 1.807) is 6.07 Å². The molecular weight excluding hydrogens is 366 g/mol. The predicted octanol–water partition coefficient (Wildman–Crippen LogP) is 4.45. The van der Waals surface area contributed by atoms with Crippen LogP contribution in [0.5, 0.6) is 11.5 Å². The number of hydrogen-bond donors (Lipinski definition) is 0. The number of carbonyl (C=O) groups excluding carboxylic acids is 1. The predicted molar refractivity (Wildman–Crippen MR) is 97.6 cm³/mol. The highest BCUT2D eigenvalue weighted by Gasteiger charge is 2.25. The van der Waals surface area contributed by atoms with Crippen LogP contribution in [-0.4, -0.2) is 36.4 Å². The number of ether oxygens (including phenoxy) is 2. The Kier molecular flexibility index (Phi) is 4.61. The van der Waals surface area contributed by atoms with Crippen molar-refractivity contribution in [3.8, 4) is 11.5 Å². The summed E-state index contributed by atoms with van der Waals surface area (Å²) in [4.78, 5) is 15.2. The zero-order chi connectivity index (χ0) is 16.5. The third kappa shape index (κ3) is 3.23. The number of nitrogens with zero attached hydrogens (tertiary/aromatic N) is 1. The lowest BCUT2D eigenvalue weighted by Crippen LogP contribution is -2.32. The molecule has 126 valence electrons. The molecule has 1 aromatic carbocycles. The molecule has 0 N–H and O–H groups in total. The molecular formula is C17H16ClNO3S2. The summed E-state index contributed by atoms with van der Waals surface area (Å²) in [6, 6.07) is 9.72. The second-order valence-electron chi connectivity index (χ2n) is 5.66. The Hall–Kier alpha value is -1.37. The maximum absolute atomic E-state index is 12.6. The van der Waals surface area contributed by atoms with Gasteiger partial charge in [-0.1, -0.05) is 17.7 Å². The van der Waals surface area contributed by atoms with Crippen LogP contribution in [0.15, 0.2) is 30.3 Å². The van der Waals surface area contributed by atoms with Gasteiger partial charge in [-0.25, -0.2) is 0 Å². The topological polar surface area (TPSA) is 38.8 Å². The van der Waals surface area contributed by atoms with Crippen molar-refractivity contribution in [2.45, 2.75) is 11.7 Å². The highest BCUT2D eigenvalue weighted by Crippen LogP contribution is 2.40. The number of halogens is 1. The van der Waals surface area contributed by atoms with Crippen molar-refractivity contribution in [3.05, 3.63) is 45.1 Å². The molecule has 1 atom stereocenters. The van der Waals surface area contributed by atoms with Crippen LogP contribution in [0, 0.1) is 0 Å². The minimum Gasteiger partial charge on any atom is -0.454 e. The van der Waals surface area contributed by atoms with E-state index in [2.05, 4.69) is 12.1 Å². The Bertz CT molecular complexity index is 764. The van der Waals surface area contributed by atoms with Gasteiger partial charge in [0.05, 0.1) is 9.21 Å². The van der Waals surface area contributed by atoms with Gasteiger partial charge in [-0.2, -0.15) is 11.8 Å². The number of amides is 1. The molecule has 4 nitrogen and oxygen atoms in total. The minimum atomic E-state index is 0.0823. The van der Waals surface area contributed by atoms with E-state index in [0.717, 1.165) is 36.8 Å². The first-order valence-corrected chi connectivity index (χ1v) is 10.0. The Morgan fingerprint density at radius 2 is 2.04 bits per heavy atom. The molecule has 4 rings (SSSR count). The molecule has 2 aliphatic rings. The first-order chi connectivity index (χ1) is 11.7. The summed E-state index contributed by atoms with van der Waals surface area (Å²) >= 11 is 9.18. The fourth-order valence-electron chi connectivity index (χ4n) is 2.94. The minimum absolute atomic E-state index is 0.0823. The summed E-state index contributed by atoms with van der Waals surface area (Å²) in [5.41, 5.74) is 1.23. The standard InChI is InChI=1S/C17H16ClNO3S2/c18-16-4-3-15(24-16)17(20)19-6-5-14(23-8-7-19)11-1-2-12-13(9-11)22-10-21-12/h1-4,9,14H,5-8,10H2. The average molecular weight is 382 g/mol. The van der Waals surface area contributed by atoms with Crippen molar-refractivity contribution in [3.63, 3.8) is 0 Å². The lowest BCUT2D eigenvalue weighted by atomic mass is 10.1. The molecule has 0 radical (unpaired) electrons. The molecule has 1 amide bonds. The number of carbonyl (C=O) groups is 1. The summed E-state index contributed by atoms with van der Waals surface area (Å²) in [7, 11) is 0. The molecule has 1 saturated heterocycles. The van der Waals surface area contributed by atoms with Gasteiger partial charge in [0.1, 0.15) is 0 Å². The van der Waals surface area contributed by atoms with E-state index >= 15 is 0 Å². The van der Waals surface area contributed by atoms with E-state index in [9.17, 15) is 4.79 Å². The van der Waals surface area contributed by atoms with Gasteiger partial charge < -0.3 is 14.4 Å². The van der Waals surface area contributed by atoms with E-state index in [-0.39, 0.29) is 5.91 Å². The molecule has 2 aromatic rings. The Morgan fingerprint density at radius 1 is 1.17 bits per heavy atom. The SMILES string of the molecule is O=C(c1ccc(Cl)s1)N1CCSC(c2ccc3c(c2)OCO3)CC1. The van der Waals surface area contributed by atoms with Crippen LogP contribution >= 0.6 is 34.7 Å². The second-order valence-corrected chi connectivity index (χ2v) is 8.68. The Labute approximate surface area is 153 Å². The van der Waals surface area contributed by atoms with Gasteiger partial charge in [0.2, 0.25) is 6.79 Å². The van der Waals surface area contributed by atoms with Gasteiger partial charge in [0.25, 0.3) is 5.91 Å². The summed E-state index contributed by atoms with van der Waals surface area (Å²) < 4.78 is 11.5. The monoisotopic (exact) mass is 381 g/mol. The number of rotatable bonds is 2. The van der Waals surface area contributed by atoms with Crippen molar-refractivity contribution in [2.75, 3.05) is 25.6 Å². The third-order valence-corrected chi connectivity index (χ3v) is 6.73. The fourth-order valence-corrected chi connectivity index (χ4v) is 5.17. The molecule has 3 heterocycles. The first-order valence-electron chi connectivity index (χ1n) is 7.76. The smallest absolute Gasteiger partial charge is 0.264 e. The van der Waals surface area contributed by atoms with Gasteiger partial charge in [-0.15, -0.1) is 11.3 Å². The van der Waals surface area contributed by atoms with Crippen LogP contribution in [0.4, 0.5) is 0 Å². The largest absolute Gasteiger partial charge is 0.454 e. The molecule has 1 aromatic heterocycles. The van der Waals surface area contributed by atoms with E-state index < -0.39 is 0 Å². The number of hydrogen-bond acceptors (Lipinski definition) is 5. The molecule has 24 heavy (non-hydrogen) atoms. The van der Waals surface area contributed by atoms with Crippen LogP contribution < -0.4 is 9.47 Å². The van der Waals surface area contributed by atoms with Gasteiger partial charge in [-0.3, -0.25) is 4.79 Å². The van der Waals surface area contributed by atoms with E-state index in [0.29, 0.717) is 21.3 Å². The maximum atomic E-state index is 12.6. The van der Waals surface area contributed by atoms with Gasteiger partial charge in [0.15, 0.2) is 11.5 Å². The lowest BCUT2D eigenvalue weighted by molar-refractivity contribution is 0.0771. The fraction of sp³-hybridized carbons (Fsp3) is 0.353. The molecule has 0 spiro atoms. The Balaban J connectivity index is 1.45. The van der Waals surface area contributed by atoms with Crippen LogP contribution in [0.2, 0.25) is 4.34 Å². The quantitative estimate of drug-likeness (QED) is 0.770. The number of thiophene rings is 1. The molecule has 0 aliphatic carbocycles. The van der Waals surface area contributed by atoms with Crippen molar-refractivity contribution in [1.29, 1.82) is 0 Å². The zero-order valence-corrected chi connectivity index (χ0v) is 15.3. The molecule has 2 aliphatic heterocycles. The van der Waals surface area contributed by atoms with Crippen LogP contribution in [0.3, 0.4) is 0 Å². The third-order valence-electron chi connectivity index (χ3n) is 4.18. The van der Waals surface area contributed by atoms with E-state index in [1.165, 1.54) is 16.9 Å². The van der Waals surface area contributed by atoms with Gasteiger partial charge in [-0.05, 0) is 36.2 Å². The van der Waals surface area contributed by atoms with Crippen molar-refractivity contribution in [2.24, 2.45) is 0 Å². The van der Waals surface area contributed by atoms with Crippen LogP contribution in [0.1, 0.15) is 26.9 Å². The van der Waals surface area contributed by atoms with E-state index in [1.807, 2.05) is 28.8 Å². The Morgan fingerprint density at radius 3 is 2.88 bits per heavy atom. The van der Waals surface area contributed by atoms with Gasteiger partial charge in [0, 0.05) is 24.1 Å². The van der Waals surface area contributed by atoms with Crippen LogP contribution in [0.25, 0.3) is 0 Å². The molecule has 1 unspecified atom stereocenters. The summed E-state index contributed by atoms with van der Waals surface area (Å²) in [5, 5.41) is 0.365. The number of fused-ring (bicyclic) bond motifs is 1. The zero-order valence-electron chi connectivity index (χ0n) is 12.9. The molecule has 0 saturated carbocycles. The molecule has 1 fully saturated rings. The maximum Gasteiger partial charge on any atom is 0.264 e. The average Bonchev–Trinajstić information content (AvgIpc) is 3.16. The normalized spacial score (nSPS) is 20.0. The summed E-state index contributed by atoms with van der Waals surface area (Å²) in [5.74, 6) is 2.63. The molecule has 7 heteroatoms. The van der Waals surface area contributed by atoms with E-state index in [4.69, 9.17) is 21.1 Å². The lowest BCUT2D eigenvalue weighted by Gasteiger charge is -2.19. The van der Waals surface area contributed by atoms with Gasteiger partial charge >= 0.3 is 0 Å². The highest BCUT2D eigenvalue weighted by molar-refractivity contribution is 7.99. The van der Waals surface area contributed by atoms with Crippen molar-refractivity contribution < 1.29 is 14.3 Å². The summed E-state index contributed by atoms with van der Waals surface area (Å²) in [6.45, 7) is 1.81. The first kappa shape index (κ1) is 16.1. The highest BCUT2D eigenvalue weighted by atomic mass is 35.5. The van der Waals surface area contributed by atoms with Crippen molar-refractivity contribution in [1.82, 2.24) is 4.90 Å². The second kappa shape index (κ2) is 6.86. The van der Waals surface area contributed by atoms with Crippen molar-refractivity contribution >= 4 is 40.6 Å². The molecule has 0 bridgehead atoms.